The van der Waals surface area contributed by atoms with Crippen LogP contribution < -0.4 is 9.47 Å². The molecule has 0 aliphatic carbocycles. The van der Waals surface area contributed by atoms with Gasteiger partial charge in [-0.3, -0.25) is 9.69 Å². The lowest BCUT2D eigenvalue weighted by atomic mass is 9.83. The fourth-order valence-electron chi connectivity index (χ4n) is 4.87. The molecule has 166 valence electrons. The first-order valence-corrected chi connectivity index (χ1v) is 11.1. The lowest BCUT2D eigenvalue weighted by Crippen LogP contribution is -2.56. The number of hydrogen-bond donors (Lipinski definition) is 0. The summed E-state index contributed by atoms with van der Waals surface area (Å²) in [6, 6.07) is 10.2. The maximum Gasteiger partial charge on any atom is 0.222 e. The number of hydrogen-bond acceptors (Lipinski definition) is 5. The second-order valence-electron chi connectivity index (χ2n) is 8.36. The monoisotopic (exact) mass is 424 g/mol. The first kappa shape index (κ1) is 21.5. The van der Waals surface area contributed by atoms with Gasteiger partial charge in [0.1, 0.15) is 5.76 Å². The molecule has 1 amide bonds. The molecule has 3 heterocycles. The molecule has 4 rings (SSSR count). The minimum absolute atomic E-state index is 0.299. The second-order valence-corrected chi connectivity index (χ2v) is 8.36. The number of ether oxygens (including phenoxy) is 2. The van der Waals surface area contributed by atoms with Crippen molar-refractivity contribution < 1.29 is 18.7 Å². The zero-order valence-electron chi connectivity index (χ0n) is 18.5. The molecule has 0 saturated carbocycles. The standard InChI is InChI=1S/C25H32N2O4/c1-29-23-9-7-19(17-24(23)30-2)11-15-27-22-12-14-26(18-20(22)8-10-25(27)28)13-3-5-21-6-4-16-31-21/h3-7,9,16-17,20,22H,8,10-15,18H2,1-2H3/b5-3+/t20-,22+/m1/s1. The minimum Gasteiger partial charge on any atom is -0.493 e. The van der Waals surface area contributed by atoms with Crippen molar-refractivity contribution in [3.05, 3.63) is 54.0 Å². The van der Waals surface area contributed by atoms with E-state index < -0.39 is 0 Å². The summed E-state index contributed by atoms with van der Waals surface area (Å²) < 4.78 is 16.1. The summed E-state index contributed by atoms with van der Waals surface area (Å²) in [6.07, 6.45) is 9.41. The second kappa shape index (κ2) is 10.1. The van der Waals surface area contributed by atoms with Crippen molar-refractivity contribution >= 4 is 12.0 Å². The number of methoxy groups -OCH3 is 2. The van der Waals surface area contributed by atoms with Gasteiger partial charge in [-0.25, -0.2) is 0 Å². The van der Waals surface area contributed by atoms with Crippen LogP contribution in [-0.4, -0.2) is 62.1 Å². The molecule has 31 heavy (non-hydrogen) atoms. The molecule has 1 aromatic heterocycles. The number of fused-ring (bicyclic) bond motifs is 1. The molecule has 2 aromatic rings. The normalized spacial score (nSPS) is 22.0. The predicted molar refractivity (Wildman–Crippen MR) is 120 cm³/mol. The molecule has 2 atom stereocenters. The Bertz CT molecular complexity index is 893. The lowest BCUT2D eigenvalue weighted by molar-refractivity contribution is -0.140. The molecule has 2 saturated heterocycles. The largest absolute Gasteiger partial charge is 0.493 e. The van der Waals surface area contributed by atoms with Gasteiger partial charge in [-0.05, 0) is 61.1 Å². The van der Waals surface area contributed by atoms with E-state index in [1.165, 1.54) is 0 Å². The topological polar surface area (TPSA) is 55.2 Å². The van der Waals surface area contributed by atoms with Gasteiger partial charge in [-0.1, -0.05) is 12.1 Å². The smallest absolute Gasteiger partial charge is 0.222 e. The van der Waals surface area contributed by atoms with E-state index in [1.807, 2.05) is 30.3 Å². The van der Waals surface area contributed by atoms with Crippen LogP contribution >= 0.6 is 0 Å². The molecule has 0 bridgehead atoms. The van der Waals surface area contributed by atoms with Crippen molar-refractivity contribution in [2.45, 2.75) is 31.7 Å². The van der Waals surface area contributed by atoms with Crippen LogP contribution in [0.3, 0.4) is 0 Å². The number of rotatable bonds is 8. The lowest BCUT2D eigenvalue weighted by Gasteiger charge is -2.47. The highest BCUT2D eigenvalue weighted by atomic mass is 16.5. The Balaban J connectivity index is 1.34. The molecular formula is C25H32N2O4. The Morgan fingerprint density at radius 2 is 2.03 bits per heavy atom. The zero-order valence-corrected chi connectivity index (χ0v) is 18.5. The third kappa shape index (κ3) is 5.13. The van der Waals surface area contributed by atoms with Gasteiger partial charge < -0.3 is 18.8 Å². The van der Waals surface area contributed by atoms with E-state index in [0.717, 1.165) is 68.3 Å². The summed E-state index contributed by atoms with van der Waals surface area (Å²) >= 11 is 0. The maximum absolute atomic E-state index is 12.7. The van der Waals surface area contributed by atoms with Gasteiger partial charge in [0.15, 0.2) is 11.5 Å². The summed E-state index contributed by atoms with van der Waals surface area (Å²) in [4.78, 5) is 17.4. The maximum atomic E-state index is 12.7. The van der Waals surface area contributed by atoms with E-state index in [9.17, 15) is 4.79 Å². The molecule has 1 aromatic carbocycles. The Morgan fingerprint density at radius 3 is 2.81 bits per heavy atom. The van der Waals surface area contributed by atoms with Crippen molar-refractivity contribution in [2.75, 3.05) is 40.4 Å². The molecule has 0 radical (unpaired) electrons. The number of benzene rings is 1. The van der Waals surface area contributed by atoms with Gasteiger partial charge >= 0.3 is 0 Å². The molecule has 6 heteroatoms. The molecule has 2 aliphatic rings. The Kier molecular flexibility index (Phi) is 6.97. The van der Waals surface area contributed by atoms with Crippen molar-refractivity contribution in [1.82, 2.24) is 9.80 Å². The van der Waals surface area contributed by atoms with Crippen LogP contribution in [-0.2, 0) is 11.2 Å². The van der Waals surface area contributed by atoms with Gasteiger partial charge in [-0.2, -0.15) is 0 Å². The zero-order chi connectivity index (χ0) is 21.6. The van der Waals surface area contributed by atoms with E-state index in [1.54, 1.807) is 20.5 Å². The molecule has 0 unspecified atom stereocenters. The van der Waals surface area contributed by atoms with Crippen molar-refractivity contribution in [3.63, 3.8) is 0 Å². The SMILES string of the molecule is COc1ccc(CCN2C(=O)CC[C@@H]3CN(C/C=C/c4ccco4)CC[C@@H]32)cc1OC. The van der Waals surface area contributed by atoms with E-state index in [4.69, 9.17) is 13.9 Å². The van der Waals surface area contributed by atoms with Crippen LogP contribution in [0, 0.1) is 5.92 Å². The fraction of sp³-hybridized carbons (Fsp3) is 0.480. The molecule has 0 spiro atoms. The third-order valence-electron chi connectivity index (χ3n) is 6.51. The summed E-state index contributed by atoms with van der Waals surface area (Å²) in [6.45, 7) is 3.74. The fourth-order valence-corrected chi connectivity index (χ4v) is 4.87. The van der Waals surface area contributed by atoms with E-state index in [2.05, 4.69) is 21.9 Å². The Hall–Kier alpha value is -2.73. The Morgan fingerprint density at radius 1 is 1.16 bits per heavy atom. The van der Waals surface area contributed by atoms with Crippen molar-refractivity contribution in [1.29, 1.82) is 0 Å². The number of piperidine rings is 2. The Labute approximate surface area is 184 Å². The number of nitrogens with zero attached hydrogens (tertiary/aromatic N) is 2. The summed E-state index contributed by atoms with van der Waals surface area (Å²) in [5, 5.41) is 0. The molecular weight excluding hydrogens is 392 g/mol. The van der Waals surface area contributed by atoms with E-state index in [0.29, 0.717) is 24.3 Å². The van der Waals surface area contributed by atoms with Crippen molar-refractivity contribution in [3.8, 4) is 11.5 Å². The van der Waals surface area contributed by atoms with Gasteiger partial charge in [0.2, 0.25) is 5.91 Å². The summed E-state index contributed by atoms with van der Waals surface area (Å²) in [5.41, 5.74) is 1.16. The third-order valence-corrected chi connectivity index (χ3v) is 6.51. The predicted octanol–water partition coefficient (Wildman–Crippen LogP) is 3.87. The van der Waals surface area contributed by atoms with Crippen LogP contribution in [0.15, 0.2) is 47.1 Å². The summed E-state index contributed by atoms with van der Waals surface area (Å²) in [7, 11) is 3.29. The first-order chi connectivity index (χ1) is 15.2. The van der Waals surface area contributed by atoms with Gasteiger partial charge in [0, 0.05) is 38.6 Å². The van der Waals surface area contributed by atoms with Crippen LogP contribution in [0.2, 0.25) is 0 Å². The van der Waals surface area contributed by atoms with E-state index >= 15 is 0 Å². The van der Waals surface area contributed by atoms with Gasteiger partial charge in [-0.15, -0.1) is 0 Å². The van der Waals surface area contributed by atoms with Crippen LogP contribution in [0.25, 0.3) is 6.08 Å². The average molecular weight is 425 g/mol. The minimum atomic E-state index is 0.299. The molecule has 0 N–H and O–H groups in total. The number of carbonyl (C=O) groups is 1. The highest BCUT2D eigenvalue weighted by molar-refractivity contribution is 5.77. The summed E-state index contributed by atoms with van der Waals surface area (Å²) in [5.74, 6) is 3.20. The quantitative estimate of drug-likeness (QED) is 0.644. The molecule has 6 nitrogen and oxygen atoms in total. The van der Waals surface area contributed by atoms with Crippen LogP contribution in [0.4, 0.5) is 0 Å². The average Bonchev–Trinajstić information content (AvgIpc) is 3.32. The van der Waals surface area contributed by atoms with Crippen LogP contribution in [0.1, 0.15) is 30.6 Å². The van der Waals surface area contributed by atoms with Gasteiger partial charge in [0.05, 0.1) is 20.5 Å². The first-order valence-electron chi connectivity index (χ1n) is 11.1. The van der Waals surface area contributed by atoms with Gasteiger partial charge in [0.25, 0.3) is 0 Å². The molecule has 2 fully saturated rings. The van der Waals surface area contributed by atoms with Crippen LogP contribution in [0.5, 0.6) is 11.5 Å². The number of amides is 1. The van der Waals surface area contributed by atoms with E-state index in [-0.39, 0.29) is 0 Å². The number of furan rings is 1. The highest BCUT2D eigenvalue weighted by Gasteiger charge is 2.38. The van der Waals surface area contributed by atoms with Crippen molar-refractivity contribution in [2.24, 2.45) is 5.92 Å². The molecule has 2 aliphatic heterocycles. The number of likely N-dealkylation sites (tertiary alicyclic amines) is 2. The number of carbonyl (C=O) groups excluding carboxylic acids is 1. The highest BCUT2D eigenvalue weighted by Crippen LogP contribution is 2.32.